The molecule has 3 unspecified atom stereocenters. The maximum atomic E-state index is 12.8. The molecule has 1 N–H and O–H groups in total. The molecule has 3 nitrogen and oxygen atoms in total. The predicted octanol–water partition coefficient (Wildman–Crippen LogP) is 3.37. The summed E-state index contributed by atoms with van der Waals surface area (Å²) in [6, 6.07) is 5.49. The van der Waals surface area contributed by atoms with Gasteiger partial charge in [0.15, 0.2) is 0 Å². The average molecular weight is 274 g/mol. The number of carbonyl (C=O) groups excluding carboxylic acids is 1. The van der Waals surface area contributed by atoms with Crippen LogP contribution in [-0.4, -0.2) is 11.6 Å². The van der Waals surface area contributed by atoms with E-state index in [0.29, 0.717) is 11.5 Å². The lowest BCUT2D eigenvalue weighted by Crippen LogP contribution is -2.24. The van der Waals surface area contributed by atoms with Crippen LogP contribution in [0.2, 0.25) is 0 Å². The van der Waals surface area contributed by atoms with E-state index in [1.807, 2.05) is 6.92 Å². The molecule has 3 atom stereocenters. The quantitative estimate of drug-likeness (QED) is 0.666. The fourth-order valence-corrected chi connectivity index (χ4v) is 3.64. The van der Waals surface area contributed by atoms with Crippen LogP contribution in [0.25, 0.3) is 0 Å². The highest BCUT2D eigenvalue weighted by molar-refractivity contribution is 5.95. The van der Waals surface area contributed by atoms with Crippen molar-refractivity contribution in [1.29, 1.82) is 0 Å². The van der Waals surface area contributed by atoms with Gasteiger partial charge in [0.1, 0.15) is 5.82 Å². The van der Waals surface area contributed by atoms with Gasteiger partial charge in [0.05, 0.1) is 0 Å². The number of hydrogen-bond donors (Lipinski definition) is 1. The fourth-order valence-electron chi connectivity index (χ4n) is 3.64. The molecule has 4 heteroatoms. The summed E-state index contributed by atoms with van der Waals surface area (Å²) in [6.07, 6.45) is 5.19. The molecule has 1 aromatic carbocycles. The number of benzene rings is 1. The molecule has 1 aromatic rings. The smallest absolute Gasteiger partial charge is 0.267 e. The third-order valence-electron chi connectivity index (χ3n) is 4.71. The second kappa shape index (κ2) is 5.35. The zero-order valence-corrected chi connectivity index (χ0v) is 11.6. The Morgan fingerprint density at radius 1 is 1.25 bits per heavy atom. The molecule has 0 radical (unpaired) electrons. The first kappa shape index (κ1) is 13.3. The molecule has 3 rings (SSSR count). The second-order valence-electron chi connectivity index (χ2n) is 5.98. The Kier molecular flexibility index (Phi) is 3.55. The van der Waals surface area contributed by atoms with Crippen LogP contribution in [0, 0.1) is 23.6 Å². The number of rotatable bonds is 3. The lowest BCUT2D eigenvalue weighted by molar-refractivity contribution is 0.0954. The molecular weight excluding hydrogens is 255 g/mol. The van der Waals surface area contributed by atoms with Crippen molar-refractivity contribution >= 4 is 11.6 Å². The minimum Gasteiger partial charge on any atom is -0.267 e. The highest BCUT2D eigenvalue weighted by Crippen LogP contribution is 2.48. The van der Waals surface area contributed by atoms with Crippen LogP contribution in [0.15, 0.2) is 29.4 Å². The van der Waals surface area contributed by atoms with Gasteiger partial charge in [0, 0.05) is 17.2 Å². The Morgan fingerprint density at radius 3 is 2.60 bits per heavy atom. The number of nitrogens with zero attached hydrogens (tertiary/aromatic N) is 1. The molecule has 0 aromatic heterocycles. The van der Waals surface area contributed by atoms with E-state index in [1.54, 1.807) is 0 Å². The summed E-state index contributed by atoms with van der Waals surface area (Å²) in [5, 5.41) is 4.25. The van der Waals surface area contributed by atoms with Gasteiger partial charge < -0.3 is 0 Å². The van der Waals surface area contributed by atoms with Gasteiger partial charge in [-0.2, -0.15) is 5.10 Å². The van der Waals surface area contributed by atoms with Crippen molar-refractivity contribution in [2.75, 3.05) is 0 Å². The van der Waals surface area contributed by atoms with Gasteiger partial charge in [0.2, 0.25) is 0 Å². The summed E-state index contributed by atoms with van der Waals surface area (Å²) in [5.74, 6) is 1.52. The minimum atomic E-state index is -0.344. The third-order valence-corrected chi connectivity index (χ3v) is 4.71. The molecule has 0 saturated heterocycles. The van der Waals surface area contributed by atoms with E-state index in [4.69, 9.17) is 0 Å². The first-order valence-corrected chi connectivity index (χ1v) is 7.23. The van der Waals surface area contributed by atoms with Gasteiger partial charge in [-0.15, -0.1) is 0 Å². The summed E-state index contributed by atoms with van der Waals surface area (Å²) < 4.78 is 12.8. The highest BCUT2D eigenvalue weighted by Gasteiger charge is 2.40. The van der Waals surface area contributed by atoms with Crippen molar-refractivity contribution in [1.82, 2.24) is 5.43 Å². The summed E-state index contributed by atoms with van der Waals surface area (Å²) >= 11 is 0. The molecular formula is C16H19FN2O. The van der Waals surface area contributed by atoms with Gasteiger partial charge in [-0.25, -0.2) is 9.82 Å². The van der Waals surface area contributed by atoms with E-state index in [-0.39, 0.29) is 11.7 Å². The van der Waals surface area contributed by atoms with Crippen molar-refractivity contribution in [2.24, 2.45) is 22.9 Å². The molecule has 0 spiro atoms. The summed E-state index contributed by atoms with van der Waals surface area (Å²) in [4.78, 5) is 11.9. The monoisotopic (exact) mass is 274 g/mol. The first-order chi connectivity index (χ1) is 9.63. The van der Waals surface area contributed by atoms with E-state index in [0.717, 1.165) is 17.5 Å². The molecule has 2 aliphatic carbocycles. The van der Waals surface area contributed by atoms with Crippen molar-refractivity contribution in [3.8, 4) is 0 Å². The van der Waals surface area contributed by atoms with Gasteiger partial charge in [-0.05, 0) is 62.3 Å². The molecule has 1 amide bonds. The Morgan fingerprint density at radius 2 is 2.00 bits per heavy atom. The van der Waals surface area contributed by atoms with Crippen molar-refractivity contribution in [3.05, 3.63) is 35.6 Å². The van der Waals surface area contributed by atoms with Crippen LogP contribution in [0.3, 0.4) is 0 Å². The average Bonchev–Trinajstić information content (AvgIpc) is 3.08. The highest BCUT2D eigenvalue weighted by atomic mass is 19.1. The molecule has 2 aliphatic rings. The number of hydrazone groups is 1. The standard InChI is InChI=1S/C16H19FN2O/c1-10(15-9-11-2-3-13(15)8-11)18-19-16(20)12-4-6-14(17)7-5-12/h4-7,11,13,15H,2-3,8-9H2,1H3,(H,19,20). The SMILES string of the molecule is CC(=NNC(=O)c1ccc(F)cc1)C1CC2CCC1C2. The van der Waals surface area contributed by atoms with E-state index >= 15 is 0 Å². The van der Waals surface area contributed by atoms with Crippen LogP contribution in [0.4, 0.5) is 4.39 Å². The Hall–Kier alpha value is -1.71. The van der Waals surface area contributed by atoms with Gasteiger partial charge >= 0.3 is 0 Å². The minimum absolute atomic E-state index is 0.285. The van der Waals surface area contributed by atoms with Crippen LogP contribution < -0.4 is 5.43 Å². The van der Waals surface area contributed by atoms with E-state index in [2.05, 4.69) is 10.5 Å². The lowest BCUT2D eigenvalue weighted by atomic mass is 9.86. The molecule has 0 heterocycles. The summed E-state index contributed by atoms with van der Waals surface area (Å²) in [7, 11) is 0. The van der Waals surface area contributed by atoms with Crippen molar-refractivity contribution in [3.63, 3.8) is 0 Å². The molecule has 106 valence electrons. The number of nitrogens with one attached hydrogen (secondary N) is 1. The van der Waals surface area contributed by atoms with Crippen LogP contribution in [-0.2, 0) is 0 Å². The van der Waals surface area contributed by atoms with E-state index in [1.165, 1.54) is 49.9 Å². The van der Waals surface area contributed by atoms with Gasteiger partial charge in [-0.3, -0.25) is 4.79 Å². The topological polar surface area (TPSA) is 41.5 Å². The Balaban J connectivity index is 1.61. The van der Waals surface area contributed by atoms with Crippen LogP contribution in [0.1, 0.15) is 43.0 Å². The maximum absolute atomic E-state index is 12.8. The fraction of sp³-hybridized carbons (Fsp3) is 0.500. The van der Waals surface area contributed by atoms with E-state index < -0.39 is 0 Å². The molecule has 20 heavy (non-hydrogen) atoms. The number of fused-ring (bicyclic) bond motifs is 2. The zero-order valence-electron chi connectivity index (χ0n) is 11.6. The van der Waals surface area contributed by atoms with Gasteiger partial charge in [0.25, 0.3) is 5.91 Å². The lowest BCUT2D eigenvalue weighted by Gasteiger charge is -2.21. The molecule has 2 saturated carbocycles. The first-order valence-electron chi connectivity index (χ1n) is 7.23. The van der Waals surface area contributed by atoms with Crippen molar-refractivity contribution < 1.29 is 9.18 Å². The number of halogens is 1. The predicted molar refractivity (Wildman–Crippen MR) is 75.9 cm³/mol. The normalized spacial score (nSPS) is 28.7. The van der Waals surface area contributed by atoms with E-state index in [9.17, 15) is 9.18 Å². The summed E-state index contributed by atoms with van der Waals surface area (Å²) in [5.41, 5.74) is 4.03. The number of hydrogen-bond acceptors (Lipinski definition) is 2. The maximum Gasteiger partial charge on any atom is 0.271 e. The third kappa shape index (κ3) is 2.60. The number of amides is 1. The Labute approximate surface area is 118 Å². The van der Waals surface area contributed by atoms with Crippen LogP contribution >= 0.6 is 0 Å². The van der Waals surface area contributed by atoms with Gasteiger partial charge in [-0.1, -0.05) is 6.42 Å². The second-order valence-corrected chi connectivity index (χ2v) is 5.98. The Bertz CT molecular complexity index is 538. The molecule has 2 fully saturated rings. The zero-order chi connectivity index (χ0) is 14.1. The van der Waals surface area contributed by atoms with Crippen LogP contribution in [0.5, 0.6) is 0 Å². The molecule has 2 bridgehead atoms. The largest absolute Gasteiger partial charge is 0.271 e. The summed E-state index contributed by atoms with van der Waals surface area (Å²) in [6.45, 7) is 2.00. The number of carbonyl (C=O) groups is 1. The van der Waals surface area contributed by atoms with Crippen molar-refractivity contribution in [2.45, 2.75) is 32.6 Å². The molecule has 0 aliphatic heterocycles.